The van der Waals surface area contributed by atoms with Gasteiger partial charge in [-0.3, -0.25) is 14.9 Å². The van der Waals surface area contributed by atoms with Gasteiger partial charge in [-0.05, 0) is 36.8 Å². The van der Waals surface area contributed by atoms with Gasteiger partial charge in [0.25, 0.3) is 11.6 Å². The fourth-order valence-corrected chi connectivity index (χ4v) is 4.58. The highest BCUT2D eigenvalue weighted by Gasteiger charge is 2.23. The topological polar surface area (TPSA) is 112 Å². The SMILES string of the molecule is COCc1cc(C)nc2sc(C(=O)N/N=C\c3ccccc3[N+](=O)[O-])c(-n3cccc3)c12. The molecule has 32 heavy (non-hydrogen) atoms. The van der Waals surface area contributed by atoms with E-state index in [1.54, 1.807) is 25.3 Å². The van der Waals surface area contributed by atoms with Gasteiger partial charge >= 0.3 is 0 Å². The summed E-state index contributed by atoms with van der Waals surface area (Å²) in [5.41, 5.74) is 5.13. The van der Waals surface area contributed by atoms with E-state index in [1.165, 1.54) is 23.6 Å². The smallest absolute Gasteiger partial charge is 0.283 e. The van der Waals surface area contributed by atoms with Gasteiger partial charge in [0.15, 0.2) is 0 Å². The average Bonchev–Trinajstić information content (AvgIpc) is 3.41. The van der Waals surface area contributed by atoms with Crippen LogP contribution < -0.4 is 5.43 Å². The molecule has 1 amide bonds. The Morgan fingerprint density at radius 1 is 1.31 bits per heavy atom. The number of hydrogen-bond acceptors (Lipinski definition) is 7. The molecule has 0 unspecified atom stereocenters. The van der Waals surface area contributed by atoms with Crippen LogP contribution in [-0.2, 0) is 11.3 Å². The number of benzene rings is 1. The number of aromatic nitrogens is 2. The number of hydrazone groups is 1. The minimum Gasteiger partial charge on any atom is -0.380 e. The number of para-hydroxylation sites is 1. The van der Waals surface area contributed by atoms with Crippen molar-refractivity contribution in [2.45, 2.75) is 13.5 Å². The molecule has 1 aromatic carbocycles. The Hall–Kier alpha value is -3.89. The lowest BCUT2D eigenvalue weighted by Crippen LogP contribution is -2.18. The van der Waals surface area contributed by atoms with E-state index in [2.05, 4.69) is 15.5 Å². The number of carbonyl (C=O) groups excluding carboxylic acids is 1. The summed E-state index contributed by atoms with van der Waals surface area (Å²) in [7, 11) is 1.62. The van der Waals surface area contributed by atoms with E-state index in [0.717, 1.165) is 16.6 Å². The highest BCUT2D eigenvalue weighted by atomic mass is 32.1. The number of hydrogen-bond donors (Lipinski definition) is 1. The number of aryl methyl sites for hydroxylation is 1. The molecule has 3 heterocycles. The average molecular weight is 449 g/mol. The second kappa shape index (κ2) is 9.08. The van der Waals surface area contributed by atoms with Crippen LogP contribution >= 0.6 is 11.3 Å². The summed E-state index contributed by atoms with van der Waals surface area (Å²) in [6.45, 7) is 2.27. The maximum atomic E-state index is 13.1. The van der Waals surface area contributed by atoms with Crippen molar-refractivity contribution < 1.29 is 14.5 Å². The molecule has 0 bridgehead atoms. The van der Waals surface area contributed by atoms with E-state index in [4.69, 9.17) is 4.74 Å². The van der Waals surface area contributed by atoms with Gasteiger partial charge in [-0.25, -0.2) is 10.4 Å². The molecule has 4 aromatic rings. The van der Waals surface area contributed by atoms with Crippen molar-refractivity contribution >= 4 is 39.4 Å². The molecule has 0 saturated heterocycles. The normalized spacial score (nSPS) is 11.3. The number of fused-ring (bicyclic) bond motifs is 1. The lowest BCUT2D eigenvalue weighted by molar-refractivity contribution is -0.385. The first kappa shape index (κ1) is 21.3. The fraction of sp³-hybridized carbons (Fsp3) is 0.136. The van der Waals surface area contributed by atoms with Crippen molar-refractivity contribution in [2.24, 2.45) is 5.10 Å². The minimum absolute atomic E-state index is 0.0933. The molecule has 162 valence electrons. The molecule has 3 aromatic heterocycles. The summed E-state index contributed by atoms with van der Waals surface area (Å²) >= 11 is 1.26. The molecule has 4 rings (SSSR count). The zero-order valence-electron chi connectivity index (χ0n) is 17.3. The van der Waals surface area contributed by atoms with Crippen molar-refractivity contribution in [1.82, 2.24) is 15.0 Å². The molecule has 0 atom stereocenters. The Morgan fingerprint density at radius 3 is 2.78 bits per heavy atom. The highest BCUT2D eigenvalue weighted by molar-refractivity contribution is 7.21. The van der Waals surface area contributed by atoms with Gasteiger partial charge in [-0.2, -0.15) is 5.10 Å². The molecule has 0 aliphatic carbocycles. The van der Waals surface area contributed by atoms with Gasteiger partial charge in [0, 0.05) is 36.7 Å². The first-order valence-electron chi connectivity index (χ1n) is 9.61. The molecule has 9 nitrogen and oxygen atoms in total. The molecule has 10 heteroatoms. The molecule has 0 aliphatic heterocycles. The molecule has 1 N–H and O–H groups in total. The Labute approximate surface area is 187 Å². The zero-order chi connectivity index (χ0) is 22.7. The quantitative estimate of drug-likeness (QED) is 0.258. The van der Waals surface area contributed by atoms with Crippen LogP contribution in [0.15, 0.2) is 60.0 Å². The molecule has 0 saturated carbocycles. The Kier molecular flexibility index (Phi) is 6.06. The number of pyridine rings is 1. The zero-order valence-corrected chi connectivity index (χ0v) is 18.1. The first-order valence-corrected chi connectivity index (χ1v) is 10.4. The third-order valence-electron chi connectivity index (χ3n) is 4.72. The van der Waals surface area contributed by atoms with Crippen molar-refractivity contribution in [3.63, 3.8) is 0 Å². The first-order chi connectivity index (χ1) is 15.5. The van der Waals surface area contributed by atoms with Crippen LogP contribution in [0.5, 0.6) is 0 Å². The van der Waals surface area contributed by atoms with Crippen molar-refractivity contribution in [1.29, 1.82) is 0 Å². The second-order valence-electron chi connectivity index (χ2n) is 6.92. The van der Waals surface area contributed by atoms with Crippen LogP contribution in [0.1, 0.15) is 26.5 Å². The van der Waals surface area contributed by atoms with E-state index in [1.807, 2.05) is 42.1 Å². The summed E-state index contributed by atoms with van der Waals surface area (Å²) in [5.74, 6) is -0.437. The van der Waals surface area contributed by atoms with Gasteiger partial charge in [-0.1, -0.05) is 12.1 Å². The highest BCUT2D eigenvalue weighted by Crippen LogP contribution is 2.36. The third kappa shape index (κ3) is 4.13. The van der Waals surface area contributed by atoms with Gasteiger partial charge in [0.2, 0.25) is 0 Å². The van der Waals surface area contributed by atoms with Crippen LogP contribution in [0.4, 0.5) is 5.69 Å². The number of thiophene rings is 1. The lowest BCUT2D eigenvalue weighted by atomic mass is 10.1. The van der Waals surface area contributed by atoms with Crippen LogP contribution in [0.2, 0.25) is 0 Å². The van der Waals surface area contributed by atoms with Crippen molar-refractivity contribution in [2.75, 3.05) is 7.11 Å². The third-order valence-corrected chi connectivity index (χ3v) is 5.79. The van der Waals surface area contributed by atoms with Gasteiger partial charge < -0.3 is 9.30 Å². The van der Waals surface area contributed by atoms with Crippen molar-refractivity contribution in [3.8, 4) is 5.69 Å². The van der Waals surface area contributed by atoms with Gasteiger partial charge in [0.1, 0.15) is 9.71 Å². The van der Waals surface area contributed by atoms with Crippen LogP contribution in [0.3, 0.4) is 0 Å². The van der Waals surface area contributed by atoms with E-state index >= 15 is 0 Å². The summed E-state index contributed by atoms with van der Waals surface area (Å²) in [4.78, 5) is 29.5. The maximum absolute atomic E-state index is 13.1. The summed E-state index contributed by atoms with van der Waals surface area (Å²) < 4.78 is 7.22. The number of nitrogens with zero attached hydrogens (tertiary/aromatic N) is 4. The van der Waals surface area contributed by atoms with Crippen LogP contribution in [-0.4, -0.2) is 33.7 Å². The van der Waals surface area contributed by atoms with Gasteiger partial charge in [-0.15, -0.1) is 11.3 Å². The lowest BCUT2D eigenvalue weighted by Gasteiger charge is -2.09. The van der Waals surface area contributed by atoms with Gasteiger partial charge in [0.05, 0.1) is 29.0 Å². The number of nitro groups is 1. The monoisotopic (exact) mass is 449 g/mol. The summed E-state index contributed by atoms with van der Waals surface area (Å²) in [6, 6.07) is 11.9. The summed E-state index contributed by atoms with van der Waals surface area (Å²) in [6.07, 6.45) is 4.97. The van der Waals surface area contributed by atoms with Crippen molar-refractivity contribution in [3.05, 3.63) is 86.7 Å². The Bertz CT molecular complexity index is 1330. The van der Waals surface area contributed by atoms with E-state index in [0.29, 0.717) is 27.6 Å². The van der Waals surface area contributed by atoms with Crippen LogP contribution in [0, 0.1) is 17.0 Å². The predicted octanol–water partition coefficient (Wildman–Crippen LogP) is 4.21. The molecule has 0 radical (unpaired) electrons. The standard InChI is InChI=1S/C22H19N5O4S/c1-14-11-16(13-31-2)18-19(26-9-5-6-10-26)20(32-22(18)24-14)21(28)25-23-12-15-7-3-4-8-17(15)27(29)30/h3-12H,13H2,1-2H3,(H,25,28)/b23-12-. The Morgan fingerprint density at radius 2 is 2.06 bits per heavy atom. The number of rotatable bonds is 7. The second-order valence-corrected chi connectivity index (χ2v) is 7.92. The van der Waals surface area contributed by atoms with E-state index in [-0.39, 0.29) is 5.69 Å². The predicted molar refractivity (Wildman–Crippen MR) is 123 cm³/mol. The largest absolute Gasteiger partial charge is 0.380 e. The number of carbonyl (C=O) groups is 1. The Balaban J connectivity index is 1.74. The van der Waals surface area contributed by atoms with E-state index in [9.17, 15) is 14.9 Å². The minimum atomic E-state index is -0.495. The molecule has 0 aliphatic rings. The number of nitro benzene ring substituents is 1. The summed E-state index contributed by atoms with van der Waals surface area (Å²) in [5, 5.41) is 16.0. The molecule has 0 fully saturated rings. The van der Waals surface area contributed by atoms with Crippen LogP contribution in [0.25, 0.3) is 15.9 Å². The number of amides is 1. The number of methoxy groups -OCH3 is 1. The maximum Gasteiger partial charge on any atom is 0.283 e. The fourth-order valence-electron chi connectivity index (χ4n) is 3.42. The molecule has 0 spiro atoms. The number of ether oxygens (including phenoxy) is 1. The number of nitrogens with one attached hydrogen (secondary N) is 1. The molecular weight excluding hydrogens is 430 g/mol. The van der Waals surface area contributed by atoms with E-state index < -0.39 is 10.8 Å². The molecular formula is C22H19N5O4S.